The zero-order valence-corrected chi connectivity index (χ0v) is 16.0. The van der Waals surface area contributed by atoms with E-state index in [4.69, 9.17) is 0 Å². The lowest BCUT2D eigenvalue weighted by atomic mass is 10.1. The molecule has 148 valence electrons. The number of nitrogens with one attached hydrogen (secondary N) is 1. The van der Waals surface area contributed by atoms with Crippen molar-refractivity contribution in [3.8, 4) is 0 Å². The Morgan fingerprint density at radius 2 is 1.75 bits per heavy atom. The van der Waals surface area contributed by atoms with Crippen LogP contribution in [0.15, 0.2) is 36.4 Å². The topological polar surface area (TPSA) is 52.7 Å². The Kier molecular flexibility index (Phi) is 6.04. The molecule has 7 heteroatoms. The second kappa shape index (κ2) is 8.48. The Morgan fingerprint density at radius 1 is 1.04 bits per heavy atom. The monoisotopic (exact) mass is 387 g/mol. The van der Waals surface area contributed by atoms with Crippen molar-refractivity contribution in [1.82, 2.24) is 9.80 Å². The number of benzene rings is 2. The number of hydrogen-bond donors (Lipinski definition) is 1. The van der Waals surface area contributed by atoms with Crippen molar-refractivity contribution >= 4 is 17.5 Å². The maximum Gasteiger partial charge on any atom is 0.257 e. The summed E-state index contributed by atoms with van der Waals surface area (Å²) < 4.78 is 27.1. The molecule has 3 rings (SSSR count). The molecule has 1 saturated heterocycles. The summed E-state index contributed by atoms with van der Waals surface area (Å²) in [5, 5.41) is 2.92. The normalized spacial score (nSPS) is 14.8. The van der Waals surface area contributed by atoms with Gasteiger partial charge in [0.15, 0.2) is 0 Å². The van der Waals surface area contributed by atoms with Gasteiger partial charge in [-0.1, -0.05) is 12.1 Å². The van der Waals surface area contributed by atoms with Gasteiger partial charge in [-0.15, -0.1) is 0 Å². The smallest absolute Gasteiger partial charge is 0.257 e. The predicted molar refractivity (Wildman–Crippen MR) is 103 cm³/mol. The average Bonchev–Trinajstić information content (AvgIpc) is 2.67. The molecule has 0 aliphatic carbocycles. The number of carbonyl (C=O) groups is 2. The molecule has 1 fully saturated rings. The summed E-state index contributed by atoms with van der Waals surface area (Å²) in [6, 6.07) is 8.61. The van der Waals surface area contributed by atoms with Crippen LogP contribution in [0.25, 0.3) is 0 Å². The molecule has 0 bridgehead atoms. The molecule has 0 spiro atoms. The minimum atomic E-state index is -0.735. The van der Waals surface area contributed by atoms with Crippen LogP contribution >= 0.6 is 0 Å². The lowest BCUT2D eigenvalue weighted by Gasteiger charge is -2.34. The Morgan fingerprint density at radius 3 is 2.46 bits per heavy atom. The van der Waals surface area contributed by atoms with E-state index in [2.05, 4.69) is 5.32 Å². The van der Waals surface area contributed by atoms with Crippen LogP contribution in [0.1, 0.15) is 21.5 Å². The number of aryl methyl sites for hydroxylation is 1. The molecule has 0 unspecified atom stereocenters. The predicted octanol–water partition coefficient (Wildman–Crippen LogP) is 2.98. The maximum absolute atomic E-state index is 13.8. The molecule has 0 radical (unpaired) electrons. The quantitative estimate of drug-likeness (QED) is 0.878. The SMILES string of the molecule is Cc1cccc(NC(=O)CN2CCN(C(=O)c3cc(F)ccc3F)CC2)c1C. The molecule has 0 atom stereocenters. The van der Waals surface area contributed by atoms with Gasteiger partial charge >= 0.3 is 0 Å². The first-order chi connectivity index (χ1) is 13.3. The third-order valence-electron chi connectivity index (χ3n) is 5.06. The van der Waals surface area contributed by atoms with Gasteiger partial charge in [0.05, 0.1) is 12.1 Å². The first-order valence-electron chi connectivity index (χ1n) is 9.18. The Balaban J connectivity index is 1.54. The third kappa shape index (κ3) is 4.54. The van der Waals surface area contributed by atoms with E-state index < -0.39 is 17.5 Å². The van der Waals surface area contributed by atoms with Crippen LogP contribution in [0.4, 0.5) is 14.5 Å². The van der Waals surface area contributed by atoms with Gasteiger partial charge in [0.1, 0.15) is 11.6 Å². The van der Waals surface area contributed by atoms with E-state index in [1.54, 1.807) is 0 Å². The summed E-state index contributed by atoms with van der Waals surface area (Å²) in [7, 11) is 0. The van der Waals surface area contributed by atoms with E-state index in [0.717, 1.165) is 35.0 Å². The molecule has 1 aliphatic rings. The summed E-state index contributed by atoms with van der Waals surface area (Å²) in [4.78, 5) is 28.2. The van der Waals surface area contributed by atoms with Gasteiger partial charge in [0.25, 0.3) is 5.91 Å². The standard InChI is InChI=1S/C21H23F2N3O2/c1-14-4-3-5-19(15(14)2)24-20(27)13-25-8-10-26(11-9-25)21(28)17-12-16(22)6-7-18(17)23/h3-7,12H,8-11,13H2,1-2H3,(H,24,27). The molecular weight excluding hydrogens is 364 g/mol. The number of piperazine rings is 1. The van der Waals surface area contributed by atoms with E-state index in [0.29, 0.717) is 26.2 Å². The molecule has 2 amide bonds. The number of amides is 2. The Hall–Kier alpha value is -2.80. The van der Waals surface area contributed by atoms with Gasteiger partial charge in [-0.25, -0.2) is 8.78 Å². The number of hydrogen-bond acceptors (Lipinski definition) is 3. The van der Waals surface area contributed by atoms with Gasteiger partial charge in [-0.3, -0.25) is 14.5 Å². The Bertz CT molecular complexity index is 893. The summed E-state index contributed by atoms with van der Waals surface area (Å²) in [6.07, 6.45) is 0. The molecule has 0 saturated carbocycles. The van der Waals surface area contributed by atoms with E-state index in [-0.39, 0.29) is 18.0 Å². The molecule has 1 aliphatic heterocycles. The van der Waals surface area contributed by atoms with Crippen LogP contribution in [-0.2, 0) is 4.79 Å². The summed E-state index contributed by atoms with van der Waals surface area (Å²) >= 11 is 0. The summed E-state index contributed by atoms with van der Waals surface area (Å²) in [5.41, 5.74) is 2.67. The van der Waals surface area contributed by atoms with Crippen molar-refractivity contribution in [2.75, 3.05) is 38.0 Å². The van der Waals surface area contributed by atoms with Crippen molar-refractivity contribution < 1.29 is 18.4 Å². The zero-order valence-electron chi connectivity index (χ0n) is 16.0. The largest absolute Gasteiger partial charge is 0.336 e. The highest BCUT2D eigenvalue weighted by molar-refractivity contribution is 5.95. The van der Waals surface area contributed by atoms with Crippen LogP contribution in [0, 0.1) is 25.5 Å². The first-order valence-corrected chi connectivity index (χ1v) is 9.18. The molecule has 1 N–H and O–H groups in total. The molecule has 2 aromatic rings. The highest BCUT2D eigenvalue weighted by Gasteiger charge is 2.25. The van der Waals surface area contributed by atoms with Crippen LogP contribution in [0.3, 0.4) is 0 Å². The van der Waals surface area contributed by atoms with E-state index in [9.17, 15) is 18.4 Å². The maximum atomic E-state index is 13.8. The van der Waals surface area contributed by atoms with E-state index >= 15 is 0 Å². The lowest BCUT2D eigenvalue weighted by Crippen LogP contribution is -2.50. The number of nitrogens with zero attached hydrogens (tertiary/aromatic N) is 2. The van der Waals surface area contributed by atoms with Gasteiger partial charge < -0.3 is 10.2 Å². The number of carbonyl (C=O) groups excluding carboxylic acids is 2. The number of halogens is 2. The fraction of sp³-hybridized carbons (Fsp3) is 0.333. The summed E-state index contributed by atoms with van der Waals surface area (Å²) in [5.74, 6) is -2.03. The van der Waals surface area contributed by atoms with Crippen LogP contribution in [-0.4, -0.2) is 54.3 Å². The molecule has 2 aromatic carbocycles. The van der Waals surface area contributed by atoms with Crippen LogP contribution in [0.2, 0.25) is 0 Å². The second-order valence-electron chi connectivity index (χ2n) is 6.99. The van der Waals surface area contributed by atoms with Crippen molar-refractivity contribution in [3.63, 3.8) is 0 Å². The minimum Gasteiger partial charge on any atom is -0.336 e. The molecule has 28 heavy (non-hydrogen) atoms. The number of anilines is 1. The fourth-order valence-corrected chi connectivity index (χ4v) is 3.22. The van der Waals surface area contributed by atoms with Crippen molar-refractivity contribution in [2.24, 2.45) is 0 Å². The van der Waals surface area contributed by atoms with Crippen LogP contribution in [0.5, 0.6) is 0 Å². The molecule has 5 nitrogen and oxygen atoms in total. The van der Waals surface area contributed by atoms with E-state index in [1.807, 2.05) is 36.9 Å². The lowest BCUT2D eigenvalue weighted by molar-refractivity contribution is -0.117. The van der Waals surface area contributed by atoms with Crippen molar-refractivity contribution in [1.29, 1.82) is 0 Å². The molecular formula is C21H23F2N3O2. The molecule has 1 heterocycles. The highest BCUT2D eigenvalue weighted by atomic mass is 19.1. The van der Waals surface area contributed by atoms with Crippen molar-refractivity contribution in [2.45, 2.75) is 13.8 Å². The summed E-state index contributed by atoms with van der Waals surface area (Å²) in [6.45, 7) is 5.84. The minimum absolute atomic E-state index is 0.121. The first kappa shape index (κ1) is 19.9. The van der Waals surface area contributed by atoms with E-state index in [1.165, 1.54) is 4.90 Å². The third-order valence-corrected chi connectivity index (χ3v) is 5.06. The Labute approximate surface area is 162 Å². The van der Waals surface area contributed by atoms with Gasteiger partial charge in [-0.2, -0.15) is 0 Å². The molecule has 0 aromatic heterocycles. The van der Waals surface area contributed by atoms with Gasteiger partial charge in [-0.05, 0) is 49.2 Å². The fourth-order valence-electron chi connectivity index (χ4n) is 3.22. The second-order valence-corrected chi connectivity index (χ2v) is 6.99. The highest BCUT2D eigenvalue weighted by Crippen LogP contribution is 2.18. The van der Waals surface area contributed by atoms with Gasteiger partial charge in [0, 0.05) is 31.9 Å². The number of rotatable bonds is 4. The van der Waals surface area contributed by atoms with Crippen LogP contribution < -0.4 is 5.32 Å². The van der Waals surface area contributed by atoms with Gasteiger partial charge in [0.2, 0.25) is 5.91 Å². The average molecular weight is 387 g/mol. The van der Waals surface area contributed by atoms with Crippen molar-refractivity contribution in [3.05, 3.63) is 64.7 Å². The zero-order chi connectivity index (χ0) is 20.3.